The predicted molar refractivity (Wildman–Crippen MR) is 69.7 cm³/mol. The van der Waals surface area contributed by atoms with E-state index in [1.165, 1.54) is 23.3 Å². The number of hydrogen-bond acceptors (Lipinski definition) is 7. The molecule has 0 aromatic carbocycles. The number of rotatable bonds is 4. The van der Waals surface area contributed by atoms with Gasteiger partial charge in [-0.1, -0.05) is 6.92 Å². The second-order valence-corrected chi connectivity index (χ2v) is 5.35. The first kappa shape index (κ1) is 12.3. The van der Waals surface area contributed by atoms with E-state index in [0.717, 1.165) is 27.2 Å². The monoisotopic (exact) mass is 267 g/mol. The Balaban J connectivity index is 2.22. The summed E-state index contributed by atoms with van der Waals surface area (Å²) >= 11 is 2.95. The fraction of sp³-hybridized carbons (Fsp3) is 0.400. The van der Waals surface area contributed by atoms with Gasteiger partial charge in [0.2, 0.25) is 5.95 Å². The third kappa shape index (κ3) is 2.92. The van der Waals surface area contributed by atoms with Crippen molar-refractivity contribution >= 4 is 29.2 Å². The number of anilines is 1. The van der Waals surface area contributed by atoms with Crippen LogP contribution in [-0.2, 0) is 6.42 Å². The van der Waals surface area contributed by atoms with Crippen LogP contribution in [0.15, 0.2) is 15.6 Å². The molecule has 2 aromatic heterocycles. The van der Waals surface area contributed by atoms with Gasteiger partial charge in [-0.15, -0.1) is 0 Å². The highest BCUT2D eigenvalue weighted by atomic mass is 32.2. The van der Waals surface area contributed by atoms with Gasteiger partial charge in [-0.2, -0.15) is 4.37 Å². The van der Waals surface area contributed by atoms with E-state index in [4.69, 9.17) is 0 Å². The molecule has 7 heteroatoms. The Hall–Kier alpha value is -1.21. The van der Waals surface area contributed by atoms with E-state index in [1.807, 2.05) is 20.0 Å². The molecular formula is C10H13N5S2. The average Bonchev–Trinajstić information content (AvgIpc) is 2.80. The Morgan fingerprint density at radius 2 is 2.24 bits per heavy atom. The molecule has 0 spiro atoms. The average molecular weight is 267 g/mol. The van der Waals surface area contributed by atoms with Gasteiger partial charge < -0.3 is 5.32 Å². The predicted octanol–water partition coefficient (Wildman–Crippen LogP) is 2.39. The van der Waals surface area contributed by atoms with Crippen molar-refractivity contribution in [2.75, 3.05) is 12.4 Å². The van der Waals surface area contributed by atoms with Gasteiger partial charge in [0, 0.05) is 25.2 Å². The SMILES string of the molecule is CCc1nsc(Sc2nc(NC)ncc2C)n1. The molecule has 2 rings (SSSR count). The topological polar surface area (TPSA) is 63.6 Å². The molecule has 0 aliphatic carbocycles. The van der Waals surface area contributed by atoms with Crippen molar-refractivity contribution in [3.05, 3.63) is 17.6 Å². The molecule has 0 aliphatic rings. The summed E-state index contributed by atoms with van der Waals surface area (Å²) in [5.41, 5.74) is 1.04. The minimum atomic E-state index is 0.623. The van der Waals surface area contributed by atoms with E-state index in [-0.39, 0.29) is 0 Å². The van der Waals surface area contributed by atoms with Crippen molar-refractivity contribution in [3.63, 3.8) is 0 Å². The second kappa shape index (κ2) is 5.42. The van der Waals surface area contributed by atoms with Gasteiger partial charge >= 0.3 is 0 Å². The summed E-state index contributed by atoms with van der Waals surface area (Å²) in [5, 5.41) is 3.85. The van der Waals surface area contributed by atoms with Crippen LogP contribution in [0, 0.1) is 6.92 Å². The van der Waals surface area contributed by atoms with Crippen LogP contribution < -0.4 is 5.32 Å². The van der Waals surface area contributed by atoms with Gasteiger partial charge in [0.05, 0.1) is 0 Å². The number of nitrogens with one attached hydrogen (secondary N) is 1. The summed E-state index contributed by atoms with van der Waals surface area (Å²) in [7, 11) is 1.80. The molecule has 90 valence electrons. The first-order chi connectivity index (χ1) is 8.22. The van der Waals surface area contributed by atoms with Gasteiger partial charge in [-0.05, 0) is 30.2 Å². The zero-order valence-corrected chi connectivity index (χ0v) is 11.5. The van der Waals surface area contributed by atoms with Gasteiger partial charge in [-0.3, -0.25) is 0 Å². The molecule has 1 N–H and O–H groups in total. The zero-order valence-electron chi connectivity index (χ0n) is 9.89. The largest absolute Gasteiger partial charge is 0.357 e. The molecule has 2 heterocycles. The normalized spacial score (nSPS) is 10.5. The Labute approximate surface area is 108 Å². The fourth-order valence-electron chi connectivity index (χ4n) is 1.16. The van der Waals surface area contributed by atoms with E-state index in [1.54, 1.807) is 7.05 Å². The lowest BCUT2D eigenvalue weighted by Crippen LogP contribution is -1.98. The summed E-state index contributed by atoms with van der Waals surface area (Å²) in [6.07, 6.45) is 2.67. The molecule has 0 saturated carbocycles. The minimum Gasteiger partial charge on any atom is -0.357 e. The molecule has 0 atom stereocenters. The third-order valence-electron chi connectivity index (χ3n) is 2.10. The molecule has 0 bridgehead atoms. The Bertz CT molecular complexity index is 511. The second-order valence-electron chi connectivity index (χ2n) is 3.36. The zero-order chi connectivity index (χ0) is 12.3. The summed E-state index contributed by atoms with van der Waals surface area (Å²) < 4.78 is 5.18. The van der Waals surface area contributed by atoms with E-state index < -0.39 is 0 Å². The standard InChI is InChI=1S/C10H13N5S2/c1-4-7-13-10(17-15-7)16-8-6(2)5-12-9(11-3)14-8/h5H,4H2,1-3H3,(H,11,12,14). The van der Waals surface area contributed by atoms with E-state index >= 15 is 0 Å². The highest BCUT2D eigenvalue weighted by molar-refractivity contribution is 8.00. The van der Waals surface area contributed by atoms with Gasteiger partial charge in [0.15, 0.2) is 4.34 Å². The Kier molecular flexibility index (Phi) is 3.90. The summed E-state index contributed by atoms with van der Waals surface area (Å²) in [6.45, 7) is 4.04. The van der Waals surface area contributed by atoms with Crippen LogP contribution in [0.3, 0.4) is 0 Å². The molecule has 0 aliphatic heterocycles. The highest BCUT2D eigenvalue weighted by Gasteiger charge is 2.09. The Morgan fingerprint density at radius 3 is 2.88 bits per heavy atom. The van der Waals surface area contributed by atoms with Gasteiger partial charge in [0.25, 0.3) is 0 Å². The van der Waals surface area contributed by atoms with E-state index in [0.29, 0.717) is 5.95 Å². The van der Waals surface area contributed by atoms with Crippen LogP contribution in [0.25, 0.3) is 0 Å². The molecule has 5 nitrogen and oxygen atoms in total. The van der Waals surface area contributed by atoms with Crippen LogP contribution in [0.5, 0.6) is 0 Å². The van der Waals surface area contributed by atoms with E-state index in [9.17, 15) is 0 Å². The maximum atomic E-state index is 4.41. The molecule has 0 saturated heterocycles. The molecular weight excluding hydrogens is 254 g/mol. The van der Waals surface area contributed by atoms with Gasteiger partial charge in [0.1, 0.15) is 10.9 Å². The fourth-order valence-corrected chi connectivity index (χ4v) is 2.82. The van der Waals surface area contributed by atoms with E-state index in [2.05, 4.69) is 24.6 Å². The van der Waals surface area contributed by atoms with Crippen molar-refractivity contribution < 1.29 is 0 Å². The van der Waals surface area contributed by atoms with Crippen LogP contribution in [-0.4, -0.2) is 26.4 Å². The summed E-state index contributed by atoms with van der Waals surface area (Å²) in [4.78, 5) is 13.0. The first-order valence-corrected chi connectivity index (χ1v) is 6.83. The molecule has 0 amide bonds. The summed E-state index contributed by atoms with van der Waals surface area (Å²) in [5.74, 6) is 1.51. The van der Waals surface area contributed by atoms with Crippen LogP contribution in [0.1, 0.15) is 18.3 Å². The molecule has 0 radical (unpaired) electrons. The minimum absolute atomic E-state index is 0.623. The smallest absolute Gasteiger partial charge is 0.223 e. The maximum absolute atomic E-state index is 4.41. The maximum Gasteiger partial charge on any atom is 0.223 e. The van der Waals surface area contributed by atoms with Crippen molar-refractivity contribution in [1.29, 1.82) is 0 Å². The number of aromatic nitrogens is 4. The van der Waals surface area contributed by atoms with Crippen LogP contribution in [0.2, 0.25) is 0 Å². The van der Waals surface area contributed by atoms with Crippen molar-refractivity contribution in [2.24, 2.45) is 0 Å². The van der Waals surface area contributed by atoms with Crippen molar-refractivity contribution in [2.45, 2.75) is 29.6 Å². The number of aryl methyl sites for hydroxylation is 2. The molecule has 17 heavy (non-hydrogen) atoms. The molecule has 2 aromatic rings. The first-order valence-electron chi connectivity index (χ1n) is 5.24. The highest BCUT2D eigenvalue weighted by Crippen LogP contribution is 2.30. The van der Waals surface area contributed by atoms with Crippen molar-refractivity contribution in [1.82, 2.24) is 19.3 Å². The van der Waals surface area contributed by atoms with Crippen LogP contribution >= 0.6 is 23.3 Å². The lowest BCUT2D eigenvalue weighted by molar-refractivity contribution is 0.965. The number of hydrogen-bond donors (Lipinski definition) is 1. The van der Waals surface area contributed by atoms with Crippen molar-refractivity contribution in [3.8, 4) is 0 Å². The van der Waals surface area contributed by atoms with Gasteiger partial charge in [-0.25, -0.2) is 15.0 Å². The Morgan fingerprint density at radius 1 is 1.41 bits per heavy atom. The number of nitrogens with zero attached hydrogens (tertiary/aromatic N) is 4. The third-order valence-corrected chi connectivity index (χ3v) is 3.99. The van der Waals surface area contributed by atoms with Crippen LogP contribution in [0.4, 0.5) is 5.95 Å². The summed E-state index contributed by atoms with van der Waals surface area (Å²) in [6, 6.07) is 0. The molecule has 0 fully saturated rings. The quantitative estimate of drug-likeness (QED) is 0.858. The lowest BCUT2D eigenvalue weighted by atomic mass is 10.4. The molecule has 0 unspecified atom stereocenters. The lowest BCUT2D eigenvalue weighted by Gasteiger charge is -2.03.